The lowest BCUT2D eigenvalue weighted by molar-refractivity contribution is 0.249. The van der Waals surface area contributed by atoms with Crippen molar-refractivity contribution in [1.29, 1.82) is 0 Å². The second kappa shape index (κ2) is 8.11. The van der Waals surface area contributed by atoms with E-state index in [0.29, 0.717) is 12.2 Å². The maximum atomic E-state index is 12.1. The predicted molar refractivity (Wildman–Crippen MR) is 101 cm³/mol. The molecule has 132 valence electrons. The second-order valence-electron chi connectivity index (χ2n) is 5.94. The van der Waals surface area contributed by atoms with E-state index in [0.717, 1.165) is 11.3 Å². The Hall–Kier alpha value is -3.41. The van der Waals surface area contributed by atoms with Gasteiger partial charge >= 0.3 is 6.03 Å². The molecule has 2 amide bonds. The Balaban J connectivity index is 1.58. The summed E-state index contributed by atoms with van der Waals surface area (Å²) in [5, 5.41) is 5.65. The first-order valence-electron chi connectivity index (χ1n) is 8.35. The van der Waals surface area contributed by atoms with Crippen LogP contribution in [-0.4, -0.2) is 15.6 Å². The molecule has 0 spiro atoms. The van der Waals surface area contributed by atoms with E-state index in [1.807, 2.05) is 55.5 Å². The van der Waals surface area contributed by atoms with Crippen LogP contribution in [0.3, 0.4) is 0 Å². The smallest absolute Gasteiger partial charge is 0.319 e. The minimum atomic E-state index is -0.296. The molecular weight excluding hydrogens is 328 g/mol. The average Bonchev–Trinajstić information content (AvgIpc) is 2.66. The van der Waals surface area contributed by atoms with E-state index in [4.69, 9.17) is 0 Å². The van der Waals surface area contributed by atoms with Gasteiger partial charge in [0.15, 0.2) is 0 Å². The number of urea groups is 1. The van der Waals surface area contributed by atoms with Gasteiger partial charge in [0.1, 0.15) is 0 Å². The fourth-order valence-electron chi connectivity index (χ4n) is 2.55. The van der Waals surface area contributed by atoms with Crippen molar-refractivity contribution in [2.45, 2.75) is 19.5 Å². The SMILES string of the molecule is C[C@@H](NC(=O)Nc1ccc(Cn2ccccc2=O)cc1)c1ccccn1. The Kier molecular flexibility index (Phi) is 5.43. The zero-order valence-electron chi connectivity index (χ0n) is 14.4. The summed E-state index contributed by atoms with van der Waals surface area (Å²) in [4.78, 5) is 28.1. The van der Waals surface area contributed by atoms with Crippen LogP contribution in [0.1, 0.15) is 24.2 Å². The standard InChI is InChI=1S/C20H20N4O2/c1-15(18-6-2-4-12-21-18)22-20(26)23-17-10-8-16(9-11-17)14-24-13-5-3-7-19(24)25/h2-13,15H,14H2,1H3,(H2,22,23,26)/t15-/m1/s1. The quantitative estimate of drug-likeness (QED) is 0.743. The van der Waals surface area contributed by atoms with Crippen molar-refractivity contribution in [3.63, 3.8) is 0 Å². The Labute approximate surface area is 151 Å². The Bertz CT molecular complexity index is 920. The molecule has 3 rings (SSSR count). The number of hydrogen-bond donors (Lipinski definition) is 2. The van der Waals surface area contributed by atoms with Gasteiger partial charge < -0.3 is 15.2 Å². The monoisotopic (exact) mass is 348 g/mol. The molecule has 1 atom stereocenters. The molecule has 6 nitrogen and oxygen atoms in total. The Morgan fingerprint density at radius 3 is 2.54 bits per heavy atom. The highest BCUT2D eigenvalue weighted by Crippen LogP contribution is 2.12. The highest BCUT2D eigenvalue weighted by molar-refractivity contribution is 5.89. The molecule has 0 bridgehead atoms. The molecule has 0 aliphatic carbocycles. The van der Waals surface area contributed by atoms with Crippen LogP contribution in [0.2, 0.25) is 0 Å². The number of amides is 2. The van der Waals surface area contributed by atoms with Gasteiger partial charge in [0.2, 0.25) is 0 Å². The molecule has 0 aliphatic heterocycles. The maximum absolute atomic E-state index is 12.1. The van der Waals surface area contributed by atoms with Crippen LogP contribution in [0.25, 0.3) is 0 Å². The second-order valence-corrected chi connectivity index (χ2v) is 5.94. The summed E-state index contributed by atoms with van der Waals surface area (Å²) in [5.41, 5.74) is 2.41. The summed E-state index contributed by atoms with van der Waals surface area (Å²) >= 11 is 0. The van der Waals surface area contributed by atoms with Crippen LogP contribution in [-0.2, 0) is 6.54 Å². The fourth-order valence-corrected chi connectivity index (χ4v) is 2.55. The number of nitrogens with zero attached hydrogens (tertiary/aromatic N) is 2. The molecule has 0 saturated heterocycles. The summed E-state index contributed by atoms with van der Waals surface area (Å²) in [6.45, 7) is 2.37. The average molecular weight is 348 g/mol. The highest BCUT2D eigenvalue weighted by atomic mass is 16.2. The molecule has 0 radical (unpaired) electrons. The summed E-state index contributed by atoms with van der Waals surface area (Å²) in [6, 6.07) is 17.6. The van der Waals surface area contributed by atoms with Crippen LogP contribution < -0.4 is 16.2 Å². The summed E-state index contributed by atoms with van der Waals surface area (Å²) < 4.78 is 1.63. The number of aromatic nitrogens is 2. The number of hydrogen-bond acceptors (Lipinski definition) is 3. The van der Waals surface area contributed by atoms with Gasteiger partial charge in [-0.3, -0.25) is 9.78 Å². The maximum Gasteiger partial charge on any atom is 0.319 e. The molecule has 0 fully saturated rings. The predicted octanol–water partition coefficient (Wildman–Crippen LogP) is 3.17. The highest BCUT2D eigenvalue weighted by Gasteiger charge is 2.10. The van der Waals surface area contributed by atoms with Gasteiger partial charge in [-0.05, 0) is 42.8 Å². The topological polar surface area (TPSA) is 76.0 Å². The third kappa shape index (κ3) is 4.57. The van der Waals surface area contributed by atoms with Gasteiger partial charge in [-0.1, -0.05) is 24.3 Å². The number of carbonyl (C=O) groups is 1. The van der Waals surface area contributed by atoms with E-state index in [9.17, 15) is 9.59 Å². The van der Waals surface area contributed by atoms with Gasteiger partial charge in [-0.2, -0.15) is 0 Å². The molecule has 2 aromatic heterocycles. The third-order valence-electron chi connectivity index (χ3n) is 3.94. The lowest BCUT2D eigenvalue weighted by Gasteiger charge is -2.14. The van der Waals surface area contributed by atoms with Gasteiger partial charge in [0, 0.05) is 24.1 Å². The molecule has 1 aromatic carbocycles. The van der Waals surface area contributed by atoms with Crippen molar-refractivity contribution in [1.82, 2.24) is 14.9 Å². The molecule has 0 aliphatic rings. The van der Waals surface area contributed by atoms with Gasteiger partial charge in [0.25, 0.3) is 5.56 Å². The Morgan fingerprint density at radius 2 is 1.85 bits per heavy atom. The first kappa shape index (κ1) is 17.4. The minimum Gasteiger partial charge on any atom is -0.330 e. The van der Waals surface area contributed by atoms with Crippen LogP contribution >= 0.6 is 0 Å². The zero-order chi connectivity index (χ0) is 18.4. The van der Waals surface area contributed by atoms with E-state index < -0.39 is 0 Å². The first-order chi connectivity index (χ1) is 12.6. The van der Waals surface area contributed by atoms with Crippen molar-refractivity contribution in [2.75, 3.05) is 5.32 Å². The summed E-state index contributed by atoms with van der Waals surface area (Å²) in [7, 11) is 0. The largest absolute Gasteiger partial charge is 0.330 e. The van der Waals surface area contributed by atoms with Gasteiger partial charge in [-0.15, -0.1) is 0 Å². The van der Waals surface area contributed by atoms with Crippen molar-refractivity contribution < 1.29 is 4.79 Å². The van der Waals surface area contributed by atoms with Crippen molar-refractivity contribution in [3.8, 4) is 0 Å². The molecule has 3 aromatic rings. The van der Waals surface area contributed by atoms with Gasteiger partial charge in [0.05, 0.1) is 18.3 Å². The molecule has 0 saturated carbocycles. The van der Waals surface area contributed by atoms with Crippen LogP contribution in [0, 0.1) is 0 Å². The molecule has 0 unspecified atom stereocenters. The van der Waals surface area contributed by atoms with Crippen molar-refractivity contribution in [3.05, 3.63) is 94.7 Å². The number of pyridine rings is 2. The number of carbonyl (C=O) groups excluding carboxylic acids is 1. The molecule has 2 heterocycles. The number of nitrogens with one attached hydrogen (secondary N) is 2. The fraction of sp³-hybridized carbons (Fsp3) is 0.150. The van der Waals surface area contributed by atoms with E-state index in [1.165, 1.54) is 6.07 Å². The molecule has 26 heavy (non-hydrogen) atoms. The molecule has 6 heteroatoms. The van der Waals surface area contributed by atoms with Gasteiger partial charge in [-0.25, -0.2) is 4.79 Å². The lowest BCUT2D eigenvalue weighted by Crippen LogP contribution is -2.31. The van der Waals surface area contributed by atoms with Crippen LogP contribution in [0.4, 0.5) is 10.5 Å². The van der Waals surface area contributed by atoms with E-state index in [1.54, 1.807) is 23.0 Å². The number of anilines is 1. The third-order valence-corrected chi connectivity index (χ3v) is 3.94. The van der Waals surface area contributed by atoms with Crippen LogP contribution in [0.15, 0.2) is 77.9 Å². The normalized spacial score (nSPS) is 11.6. The molecular formula is C20H20N4O2. The molecule has 2 N–H and O–H groups in total. The van der Waals surface area contributed by atoms with Crippen LogP contribution in [0.5, 0.6) is 0 Å². The zero-order valence-corrected chi connectivity index (χ0v) is 14.4. The minimum absolute atomic E-state index is 0.0439. The Morgan fingerprint density at radius 1 is 1.08 bits per heavy atom. The lowest BCUT2D eigenvalue weighted by atomic mass is 10.2. The van der Waals surface area contributed by atoms with Crippen molar-refractivity contribution in [2.24, 2.45) is 0 Å². The summed E-state index contributed by atoms with van der Waals surface area (Å²) in [5.74, 6) is 0. The van der Waals surface area contributed by atoms with Crippen molar-refractivity contribution >= 4 is 11.7 Å². The number of benzene rings is 1. The first-order valence-corrected chi connectivity index (χ1v) is 8.35. The van der Waals surface area contributed by atoms with E-state index >= 15 is 0 Å². The number of rotatable bonds is 5. The summed E-state index contributed by atoms with van der Waals surface area (Å²) in [6.07, 6.45) is 3.45. The van der Waals surface area contributed by atoms with E-state index in [2.05, 4.69) is 15.6 Å². The van der Waals surface area contributed by atoms with E-state index in [-0.39, 0.29) is 17.6 Å².